The molecule has 0 spiro atoms. The van der Waals surface area contributed by atoms with Crippen molar-refractivity contribution in [1.82, 2.24) is 14.9 Å². The molecule has 0 saturated carbocycles. The van der Waals surface area contributed by atoms with Crippen molar-refractivity contribution in [2.45, 2.75) is 20.5 Å². The minimum absolute atomic E-state index is 0.364. The SMILES string of the molecule is COc1cc(/C=N\n2c(-c3ccco3)n[nH]c2=S)ccc1OCc1cc(C)ccc1C. The zero-order valence-electron chi connectivity index (χ0n) is 17.5. The molecule has 0 saturated heterocycles. The highest BCUT2D eigenvalue weighted by Gasteiger charge is 2.11. The first kappa shape index (κ1) is 20.6. The van der Waals surface area contributed by atoms with E-state index in [9.17, 15) is 0 Å². The second-order valence-corrected chi connectivity index (χ2v) is 7.40. The van der Waals surface area contributed by atoms with Gasteiger partial charge in [0.1, 0.15) is 6.61 Å². The Balaban J connectivity index is 1.54. The van der Waals surface area contributed by atoms with Crippen molar-refractivity contribution in [2.24, 2.45) is 5.10 Å². The zero-order chi connectivity index (χ0) is 21.8. The standard InChI is InChI=1S/C23H22N4O3S/c1-15-6-7-16(2)18(11-15)14-30-19-9-8-17(12-21(19)28-3)13-24-27-22(25-26-23(27)31)20-5-4-10-29-20/h4-13H,14H2,1-3H3,(H,26,31)/b24-13-. The molecule has 31 heavy (non-hydrogen) atoms. The van der Waals surface area contributed by atoms with Gasteiger partial charge in [-0.05, 0) is 73.1 Å². The van der Waals surface area contributed by atoms with Gasteiger partial charge in [0.15, 0.2) is 17.3 Å². The summed E-state index contributed by atoms with van der Waals surface area (Å²) >= 11 is 5.28. The third-order valence-electron chi connectivity index (χ3n) is 4.79. The summed E-state index contributed by atoms with van der Waals surface area (Å²) in [6.45, 7) is 4.61. The first-order valence-electron chi connectivity index (χ1n) is 9.68. The van der Waals surface area contributed by atoms with E-state index in [1.54, 1.807) is 31.7 Å². The summed E-state index contributed by atoms with van der Waals surface area (Å²) < 4.78 is 18.8. The molecule has 0 aliphatic rings. The molecule has 1 N–H and O–H groups in total. The van der Waals surface area contributed by atoms with Crippen LogP contribution in [0.15, 0.2) is 64.3 Å². The Morgan fingerprint density at radius 2 is 2.03 bits per heavy atom. The van der Waals surface area contributed by atoms with Crippen LogP contribution < -0.4 is 9.47 Å². The molecule has 0 aliphatic heterocycles. The third-order valence-corrected chi connectivity index (χ3v) is 5.05. The van der Waals surface area contributed by atoms with E-state index in [1.807, 2.05) is 18.2 Å². The molecule has 0 aliphatic carbocycles. The lowest BCUT2D eigenvalue weighted by molar-refractivity contribution is 0.284. The lowest BCUT2D eigenvalue weighted by Crippen LogP contribution is -2.01. The fourth-order valence-corrected chi connectivity index (χ4v) is 3.26. The minimum atomic E-state index is 0.364. The van der Waals surface area contributed by atoms with Crippen molar-refractivity contribution in [3.8, 4) is 23.1 Å². The van der Waals surface area contributed by atoms with Crippen LogP contribution in [0.25, 0.3) is 11.6 Å². The molecule has 2 aromatic carbocycles. The monoisotopic (exact) mass is 434 g/mol. The van der Waals surface area contributed by atoms with Crippen molar-refractivity contribution in [2.75, 3.05) is 7.11 Å². The molecule has 7 nitrogen and oxygen atoms in total. The summed E-state index contributed by atoms with van der Waals surface area (Å²) in [5.41, 5.74) is 4.36. The largest absolute Gasteiger partial charge is 0.493 e. The van der Waals surface area contributed by atoms with E-state index in [4.69, 9.17) is 26.1 Å². The van der Waals surface area contributed by atoms with Gasteiger partial charge in [-0.1, -0.05) is 23.8 Å². The molecule has 158 valence electrons. The molecule has 0 bridgehead atoms. The second-order valence-electron chi connectivity index (χ2n) is 7.01. The Kier molecular flexibility index (Phi) is 5.99. The van der Waals surface area contributed by atoms with Gasteiger partial charge in [-0.25, -0.2) is 5.10 Å². The lowest BCUT2D eigenvalue weighted by atomic mass is 10.1. The van der Waals surface area contributed by atoms with Crippen LogP contribution in [0.4, 0.5) is 0 Å². The smallest absolute Gasteiger partial charge is 0.219 e. The maximum Gasteiger partial charge on any atom is 0.219 e. The number of methoxy groups -OCH3 is 1. The zero-order valence-corrected chi connectivity index (χ0v) is 18.3. The molecular weight excluding hydrogens is 412 g/mol. The molecule has 2 heterocycles. The highest BCUT2D eigenvalue weighted by molar-refractivity contribution is 7.71. The first-order chi connectivity index (χ1) is 15.0. The Morgan fingerprint density at radius 3 is 2.81 bits per heavy atom. The normalized spacial score (nSPS) is 11.2. The average Bonchev–Trinajstić information content (AvgIpc) is 3.43. The van der Waals surface area contributed by atoms with Crippen LogP contribution >= 0.6 is 12.2 Å². The van der Waals surface area contributed by atoms with Crippen molar-refractivity contribution in [1.29, 1.82) is 0 Å². The topological polar surface area (TPSA) is 77.6 Å². The van der Waals surface area contributed by atoms with Crippen molar-refractivity contribution >= 4 is 18.4 Å². The lowest BCUT2D eigenvalue weighted by Gasteiger charge is -2.13. The number of aromatic amines is 1. The number of hydrogen-bond donors (Lipinski definition) is 1. The molecule has 4 rings (SSSR count). The summed E-state index contributed by atoms with van der Waals surface area (Å²) in [6, 6.07) is 15.5. The maximum absolute atomic E-state index is 6.02. The number of furan rings is 1. The number of H-pyrrole nitrogens is 1. The molecule has 4 aromatic rings. The van der Waals surface area contributed by atoms with Gasteiger partial charge in [-0.15, -0.1) is 5.10 Å². The molecule has 2 aromatic heterocycles. The Morgan fingerprint density at radius 1 is 1.16 bits per heavy atom. The van der Waals surface area contributed by atoms with E-state index in [2.05, 4.69) is 47.3 Å². The summed E-state index contributed by atoms with van der Waals surface area (Å²) in [5.74, 6) is 2.34. The van der Waals surface area contributed by atoms with Crippen molar-refractivity contribution in [3.63, 3.8) is 0 Å². The molecule has 8 heteroatoms. The fourth-order valence-electron chi connectivity index (χ4n) is 3.08. The summed E-state index contributed by atoms with van der Waals surface area (Å²) in [4.78, 5) is 0. The number of aryl methyl sites for hydroxylation is 2. The van der Waals surface area contributed by atoms with E-state index in [0.29, 0.717) is 34.5 Å². The molecule has 0 atom stereocenters. The quantitative estimate of drug-likeness (QED) is 0.316. The number of nitrogens with zero attached hydrogens (tertiary/aromatic N) is 3. The number of hydrogen-bond acceptors (Lipinski definition) is 6. The van der Waals surface area contributed by atoms with Crippen LogP contribution in [0.5, 0.6) is 11.5 Å². The second kappa shape index (κ2) is 9.01. The maximum atomic E-state index is 6.02. The van der Waals surface area contributed by atoms with Crippen molar-refractivity contribution in [3.05, 3.63) is 81.8 Å². The van der Waals surface area contributed by atoms with E-state index in [0.717, 1.165) is 11.1 Å². The third kappa shape index (κ3) is 4.59. The van der Waals surface area contributed by atoms with E-state index >= 15 is 0 Å². The molecule has 0 unspecified atom stereocenters. The first-order valence-corrected chi connectivity index (χ1v) is 10.1. The van der Waals surface area contributed by atoms with E-state index in [1.165, 1.54) is 15.8 Å². The van der Waals surface area contributed by atoms with Gasteiger partial charge in [-0.3, -0.25) is 0 Å². The van der Waals surface area contributed by atoms with Gasteiger partial charge in [0.25, 0.3) is 0 Å². The highest BCUT2D eigenvalue weighted by atomic mass is 32.1. The van der Waals surface area contributed by atoms with Gasteiger partial charge in [0.2, 0.25) is 10.6 Å². The molecule has 0 amide bonds. The van der Waals surface area contributed by atoms with Gasteiger partial charge in [-0.2, -0.15) is 9.78 Å². The predicted octanol–water partition coefficient (Wildman–Crippen LogP) is 5.29. The van der Waals surface area contributed by atoms with E-state index < -0.39 is 0 Å². The molecular formula is C23H22N4O3S. The fraction of sp³-hybridized carbons (Fsp3) is 0.174. The van der Waals surface area contributed by atoms with Crippen LogP contribution in [0.1, 0.15) is 22.3 Å². The van der Waals surface area contributed by atoms with Crippen LogP contribution in [0, 0.1) is 18.6 Å². The summed E-state index contributed by atoms with van der Waals surface area (Å²) in [7, 11) is 1.61. The van der Waals surface area contributed by atoms with Crippen molar-refractivity contribution < 1.29 is 13.9 Å². The van der Waals surface area contributed by atoms with Crippen LogP contribution in [-0.4, -0.2) is 28.2 Å². The van der Waals surface area contributed by atoms with Gasteiger partial charge in [0.05, 0.1) is 19.6 Å². The minimum Gasteiger partial charge on any atom is -0.493 e. The summed E-state index contributed by atoms with van der Waals surface area (Å²) in [5, 5.41) is 11.4. The van der Waals surface area contributed by atoms with Gasteiger partial charge >= 0.3 is 0 Å². The van der Waals surface area contributed by atoms with Crippen LogP contribution in [0.2, 0.25) is 0 Å². The summed E-state index contributed by atoms with van der Waals surface area (Å²) in [6.07, 6.45) is 3.25. The number of nitrogens with one attached hydrogen (secondary N) is 1. The highest BCUT2D eigenvalue weighted by Crippen LogP contribution is 2.29. The van der Waals surface area contributed by atoms with E-state index in [-0.39, 0.29) is 0 Å². The van der Waals surface area contributed by atoms with Gasteiger partial charge < -0.3 is 13.9 Å². The Labute approximate surface area is 184 Å². The predicted molar refractivity (Wildman–Crippen MR) is 121 cm³/mol. The number of benzene rings is 2. The number of rotatable bonds is 7. The average molecular weight is 435 g/mol. The number of aromatic nitrogens is 3. The number of ether oxygens (including phenoxy) is 2. The Hall–Kier alpha value is -3.65. The van der Waals surface area contributed by atoms with Gasteiger partial charge in [0, 0.05) is 0 Å². The molecule has 0 radical (unpaired) electrons. The van der Waals surface area contributed by atoms with Crippen LogP contribution in [-0.2, 0) is 6.61 Å². The molecule has 0 fully saturated rings. The Bertz CT molecular complexity index is 1270. The van der Waals surface area contributed by atoms with Crippen LogP contribution in [0.3, 0.4) is 0 Å².